The van der Waals surface area contributed by atoms with Crippen LogP contribution >= 0.6 is 0 Å². The summed E-state index contributed by atoms with van der Waals surface area (Å²) in [6.07, 6.45) is 2.36. The molecule has 4 nitrogen and oxygen atoms in total. The molecule has 124 valence electrons. The van der Waals surface area contributed by atoms with E-state index in [1.165, 1.54) is 18.2 Å². The molecule has 0 amide bonds. The minimum atomic E-state index is -0.303. The lowest BCUT2D eigenvalue weighted by Gasteiger charge is -2.43. The summed E-state index contributed by atoms with van der Waals surface area (Å²) in [5, 5.41) is 3.68. The van der Waals surface area contributed by atoms with Gasteiger partial charge in [0.25, 0.3) is 0 Å². The lowest BCUT2D eigenvalue weighted by atomic mass is 9.77. The van der Waals surface area contributed by atoms with E-state index in [0.717, 1.165) is 25.1 Å². The smallest absolute Gasteiger partial charge is 0.337 e. The molecule has 3 atom stereocenters. The Labute approximate surface area is 141 Å². The Bertz CT molecular complexity index is 741. The highest BCUT2D eigenvalue weighted by molar-refractivity contribution is 5.89. The third-order valence-corrected chi connectivity index (χ3v) is 5.07. The predicted octanol–water partition coefficient (Wildman–Crippen LogP) is 4.11. The summed E-state index contributed by atoms with van der Waals surface area (Å²) >= 11 is 0. The number of anilines is 1. The minimum absolute atomic E-state index is 0.140. The van der Waals surface area contributed by atoms with Crippen molar-refractivity contribution >= 4 is 11.7 Å². The van der Waals surface area contributed by atoms with Crippen LogP contribution in [0, 0.1) is 5.92 Å². The van der Waals surface area contributed by atoms with E-state index in [1.807, 2.05) is 30.3 Å². The number of methoxy groups -OCH3 is 1. The normalized spacial score (nSPS) is 25.1. The highest BCUT2D eigenvalue weighted by Gasteiger charge is 2.39. The fourth-order valence-corrected chi connectivity index (χ4v) is 3.89. The molecule has 0 aromatic heterocycles. The summed E-state index contributed by atoms with van der Waals surface area (Å²) in [5.41, 5.74) is 4.15. The van der Waals surface area contributed by atoms with Gasteiger partial charge in [-0.05, 0) is 36.6 Å². The van der Waals surface area contributed by atoms with Crippen LogP contribution in [0.5, 0.6) is 0 Å². The molecule has 1 N–H and O–H groups in total. The van der Waals surface area contributed by atoms with Gasteiger partial charge in [0.1, 0.15) is 0 Å². The van der Waals surface area contributed by atoms with Crippen LogP contribution in [0.4, 0.5) is 5.69 Å². The summed E-state index contributed by atoms with van der Waals surface area (Å²) in [5.74, 6) is 0.0972. The molecule has 0 saturated carbocycles. The molecular formula is C20H21NO3. The third-order valence-electron chi connectivity index (χ3n) is 5.07. The first-order valence-corrected chi connectivity index (χ1v) is 8.43. The van der Waals surface area contributed by atoms with Crippen molar-refractivity contribution in [3.8, 4) is 0 Å². The average Bonchev–Trinajstić information content (AvgIpc) is 2.67. The Morgan fingerprint density at radius 1 is 1.17 bits per heavy atom. The van der Waals surface area contributed by atoms with Crippen LogP contribution in [0.3, 0.4) is 0 Å². The Morgan fingerprint density at radius 3 is 2.75 bits per heavy atom. The lowest BCUT2D eigenvalue weighted by molar-refractivity contribution is -0.0381. The van der Waals surface area contributed by atoms with Gasteiger partial charge in [0.15, 0.2) is 0 Å². The van der Waals surface area contributed by atoms with E-state index >= 15 is 0 Å². The quantitative estimate of drug-likeness (QED) is 0.845. The predicted molar refractivity (Wildman–Crippen MR) is 92.0 cm³/mol. The van der Waals surface area contributed by atoms with Crippen LogP contribution in [0.2, 0.25) is 0 Å². The molecule has 24 heavy (non-hydrogen) atoms. The van der Waals surface area contributed by atoms with Crippen molar-refractivity contribution in [3.05, 3.63) is 65.2 Å². The van der Waals surface area contributed by atoms with Gasteiger partial charge in [-0.3, -0.25) is 0 Å². The number of fused-ring (bicyclic) bond motifs is 3. The van der Waals surface area contributed by atoms with Gasteiger partial charge < -0.3 is 14.8 Å². The van der Waals surface area contributed by atoms with Crippen molar-refractivity contribution in [1.82, 2.24) is 0 Å². The van der Waals surface area contributed by atoms with Crippen molar-refractivity contribution in [2.75, 3.05) is 19.0 Å². The molecule has 2 aromatic rings. The second-order valence-corrected chi connectivity index (χ2v) is 6.42. The van der Waals surface area contributed by atoms with Crippen LogP contribution < -0.4 is 5.32 Å². The number of ether oxygens (including phenoxy) is 2. The number of carbonyl (C=O) groups is 1. The van der Waals surface area contributed by atoms with Crippen molar-refractivity contribution in [3.63, 3.8) is 0 Å². The average molecular weight is 323 g/mol. The number of esters is 1. The SMILES string of the molecule is COC(=O)c1ccc([C@@H]2Nc3ccccc3[C@@H]3OCCC[C@H]23)cc1. The monoisotopic (exact) mass is 323 g/mol. The van der Waals surface area contributed by atoms with Crippen molar-refractivity contribution < 1.29 is 14.3 Å². The molecule has 4 rings (SSSR count). The minimum Gasteiger partial charge on any atom is -0.465 e. The molecule has 1 saturated heterocycles. The topological polar surface area (TPSA) is 47.6 Å². The Kier molecular flexibility index (Phi) is 3.98. The first-order chi connectivity index (χ1) is 11.8. The number of para-hydroxylation sites is 1. The molecular weight excluding hydrogens is 302 g/mol. The van der Waals surface area contributed by atoms with E-state index < -0.39 is 0 Å². The second-order valence-electron chi connectivity index (χ2n) is 6.42. The highest BCUT2D eigenvalue weighted by Crippen LogP contribution is 2.48. The molecule has 0 unspecified atom stereocenters. The maximum Gasteiger partial charge on any atom is 0.337 e. The molecule has 2 heterocycles. The number of carbonyl (C=O) groups excluding carboxylic acids is 1. The number of rotatable bonds is 2. The standard InChI is InChI=1S/C20H21NO3/c1-23-20(22)14-10-8-13(9-11-14)18-16-6-4-12-24-19(16)15-5-2-3-7-17(15)21-18/h2-3,5,7-11,16,18-19,21H,4,6,12H2,1H3/t16-,18+,19+/m1/s1. The van der Waals surface area contributed by atoms with Gasteiger partial charge in [-0.25, -0.2) is 4.79 Å². The Hall–Kier alpha value is -2.33. The van der Waals surface area contributed by atoms with E-state index in [9.17, 15) is 4.79 Å². The van der Waals surface area contributed by atoms with Crippen LogP contribution in [-0.2, 0) is 9.47 Å². The van der Waals surface area contributed by atoms with Gasteiger partial charge in [0, 0.05) is 23.8 Å². The van der Waals surface area contributed by atoms with E-state index in [0.29, 0.717) is 11.5 Å². The second kappa shape index (κ2) is 6.29. The van der Waals surface area contributed by atoms with E-state index in [1.54, 1.807) is 0 Å². The van der Waals surface area contributed by atoms with Crippen LogP contribution in [0.1, 0.15) is 46.5 Å². The maximum absolute atomic E-state index is 11.6. The van der Waals surface area contributed by atoms with Gasteiger partial charge in [-0.15, -0.1) is 0 Å². The zero-order chi connectivity index (χ0) is 16.5. The first kappa shape index (κ1) is 15.2. The number of hydrogen-bond donors (Lipinski definition) is 1. The summed E-state index contributed by atoms with van der Waals surface area (Å²) in [4.78, 5) is 11.6. The molecule has 0 spiro atoms. The van der Waals surface area contributed by atoms with Crippen LogP contribution in [0.25, 0.3) is 0 Å². The van der Waals surface area contributed by atoms with E-state index in [2.05, 4.69) is 23.5 Å². The Morgan fingerprint density at radius 2 is 1.96 bits per heavy atom. The number of nitrogens with one attached hydrogen (secondary N) is 1. The third kappa shape index (κ3) is 2.57. The number of benzene rings is 2. The van der Waals surface area contributed by atoms with Gasteiger partial charge >= 0.3 is 5.97 Å². The largest absolute Gasteiger partial charge is 0.465 e. The fraction of sp³-hybridized carbons (Fsp3) is 0.350. The molecule has 0 radical (unpaired) electrons. The molecule has 2 aliphatic rings. The first-order valence-electron chi connectivity index (χ1n) is 8.43. The van der Waals surface area contributed by atoms with Crippen molar-refractivity contribution in [2.24, 2.45) is 5.92 Å². The molecule has 1 fully saturated rings. The maximum atomic E-state index is 11.6. The van der Waals surface area contributed by atoms with Gasteiger partial charge in [-0.2, -0.15) is 0 Å². The molecule has 2 aromatic carbocycles. The number of hydrogen-bond acceptors (Lipinski definition) is 4. The van der Waals surface area contributed by atoms with E-state index in [4.69, 9.17) is 9.47 Å². The molecule has 0 bridgehead atoms. The Balaban J connectivity index is 1.68. The highest BCUT2D eigenvalue weighted by atomic mass is 16.5. The van der Waals surface area contributed by atoms with Crippen LogP contribution in [-0.4, -0.2) is 19.7 Å². The zero-order valence-electron chi connectivity index (χ0n) is 13.7. The van der Waals surface area contributed by atoms with Gasteiger partial charge in [0.2, 0.25) is 0 Å². The van der Waals surface area contributed by atoms with Gasteiger partial charge in [-0.1, -0.05) is 30.3 Å². The van der Waals surface area contributed by atoms with Crippen molar-refractivity contribution in [1.29, 1.82) is 0 Å². The lowest BCUT2D eigenvalue weighted by Crippen LogP contribution is -2.35. The molecule has 2 aliphatic heterocycles. The summed E-state index contributed by atoms with van der Waals surface area (Å²) in [6.45, 7) is 0.823. The van der Waals surface area contributed by atoms with Crippen LogP contribution in [0.15, 0.2) is 48.5 Å². The summed E-state index contributed by atoms with van der Waals surface area (Å²) in [6, 6.07) is 16.3. The summed E-state index contributed by atoms with van der Waals surface area (Å²) < 4.78 is 10.9. The van der Waals surface area contributed by atoms with Gasteiger partial charge in [0.05, 0.1) is 24.8 Å². The van der Waals surface area contributed by atoms with Crippen molar-refractivity contribution in [2.45, 2.75) is 25.0 Å². The molecule has 0 aliphatic carbocycles. The van der Waals surface area contributed by atoms with E-state index in [-0.39, 0.29) is 18.1 Å². The zero-order valence-corrected chi connectivity index (χ0v) is 13.7. The fourth-order valence-electron chi connectivity index (χ4n) is 3.89. The molecule has 4 heteroatoms. The summed E-state index contributed by atoms with van der Waals surface area (Å²) in [7, 11) is 1.40.